The third-order valence-corrected chi connectivity index (χ3v) is 4.74. The van der Waals surface area contributed by atoms with Crippen LogP contribution in [0.5, 0.6) is 0 Å². The van der Waals surface area contributed by atoms with Gasteiger partial charge in [0, 0.05) is 5.39 Å². The zero-order valence-corrected chi connectivity index (χ0v) is 16.8. The van der Waals surface area contributed by atoms with Gasteiger partial charge in [-0.3, -0.25) is 14.4 Å². The van der Waals surface area contributed by atoms with Crippen LogP contribution < -0.4 is 16.2 Å². The molecule has 0 aliphatic rings. The standard InChI is InChI=1S/C23H15F3N4O3/c24-16-10-11-17(20(26)19(16)25)28-18(31)12-27-22(32)21-14-8-4-5-9-15(14)23(33)30(29-21)13-6-2-1-3-7-13/h1-11H,12H2,(H,27,32)(H,28,31). The highest BCUT2D eigenvalue weighted by Gasteiger charge is 2.19. The van der Waals surface area contributed by atoms with Gasteiger partial charge in [0.25, 0.3) is 11.5 Å². The van der Waals surface area contributed by atoms with Gasteiger partial charge in [-0.15, -0.1) is 0 Å². The Hall–Kier alpha value is -4.47. The molecule has 33 heavy (non-hydrogen) atoms. The number of carbonyl (C=O) groups excluding carboxylic acids is 2. The van der Waals surface area contributed by atoms with Crippen LogP contribution in [-0.4, -0.2) is 28.1 Å². The third-order valence-electron chi connectivity index (χ3n) is 4.74. The van der Waals surface area contributed by atoms with Crippen molar-refractivity contribution in [2.75, 3.05) is 11.9 Å². The number of rotatable bonds is 5. The Kier molecular flexibility index (Phi) is 5.90. The van der Waals surface area contributed by atoms with E-state index in [1.54, 1.807) is 54.6 Å². The number of aromatic nitrogens is 2. The maximum atomic E-state index is 13.7. The SMILES string of the molecule is O=C(CNC(=O)c1nn(-c2ccccc2)c(=O)c2ccccc12)Nc1ccc(F)c(F)c1F. The van der Waals surface area contributed by atoms with Crippen molar-refractivity contribution in [3.63, 3.8) is 0 Å². The number of carbonyl (C=O) groups is 2. The van der Waals surface area contributed by atoms with Crippen molar-refractivity contribution in [1.82, 2.24) is 15.1 Å². The molecule has 3 aromatic carbocycles. The second-order valence-corrected chi connectivity index (χ2v) is 6.90. The van der Waals surface area contributed by atoms with E-state index in [2.05, 4.69) is 15.7 Å². The Morgan fingerprint density at radius 2 is 1.52 bits per heavy atom. The van der Waals surface area contributed by atoms with Crippen LogP contribution in [0.2, 0.25) is 0 Å². The highest BCUT2D eigenvalue weighted by molar-refractivity contribution is 6.06. The number of fused-ring (bicyclic) bond motifs is 1. The van der Waals surface area contributed by atoms with Crippen LogP contribution in [0.4, 0.5) is 18.9 Å². The quantitative estimate of drug-likeness (QED) is 0.455. The molecular weight excluding hydrogens is 437 g/mol. The molecule has 0 unspecified atom stereocenters. The van der Waals surface area contributed by atoms with Crippen molar-refractivity contribution in [3.05, 3.63) is 100 Å². The van der Waals surface area contributed by atoms with Gasteiger partial charge in [0.05, 0.1) is 23.3 Å². The molecule has 0 fully saturated rings. The molecule has 7 nitrogen and oxygen atoms in total. The van der Waals surface area contributed by atoms with Crippen LogP contribution in [0.3, 0.4) is 0 Å². The number of amides is 2. The molecule has 0 aliphatic carbocycles. The summed E-state index contributed by atoms with van der Waals surface area (Å²) in [5, 5.41) is 9.09. The van der Waals surface area contributed by atoms with Gasteiger partial charge >= 0.3 is 0 Å². The first-order valence-electron chi connectivity index (χ1n) is 9.66. The first kappa shape index (κ1) is 21.8. The Morgan fingerprint density at radius 3 is 2.24 bits per heavy atom. The molecule has 0 aliphatic heterocycles. The van der Waals surface area contributed by atoms with Gasteiger partial charge < -0.3 is 10.6 Å². The monoisotopic (exact) mass is 452 g/mol. The van der Waals surface area contributed by atoms with Gasteiger partial charge in [-0.05, 0) is 30.3 Å². The van der Waals surface area contributed by atoms with Gasteiger partial charge in [0.15, 0.2) is 23.1 Å². The lowest BCUT2D eigenvalue weighted by molar-refractivity contribution is -0.115. The van der Waals surface area contributed by atoms with E-state index in [-0.39, 0.29) is 16.5 Å². The molecule has 4 aromatic rings. The molecule has 1 aromatic heterocycles. The lowest BCUT2D eigenvalue weighted by Gasteiger charge is -2.12. The summed E-state index contributed by atoms with van der Waals surface area (Å²) in [6.07, 6.45) is 0. The normalized spacial score (nSPS) is 10.8. The number of hydrogen-bond acceptors (Lipinski definition) is 4. The van der Waals surface area contributed by atoms with Gasteiger partial charge in [-0.2, -0.15) is 9.78 Å². The van der Waals surface area contributed by atoms with Crippen LogP contribution >= 0.6 is 0 Å². The Balaban J connectivity index is 1.60. The molecule has 10 heteroatoms. The minimum Gasteiger partial charge on any atom is -0.342 e. The minimum atomic E-state index is -1.73. The fourth-order valence-electron chi connectivity index (χ4n) is 3.16. The van der Waals surface area contributed by atoms with Gasteiger partial charge in [0.1, 0.15) is 0 Å². The van der Waals surface area contributed by atoms with E-state index >= 15 is 0 Å². The van der Waals surface area contributed by atoms with E-state index in [0.717, 1.165) is 10.7 Å². The van der Waals surface area contributed by atoms with Crippen molar-refractivity contribution >= 4 is 28.3 Å². The number of nitrogens with one attached hydrogen (secondary N) is 2. The fourth-order valence-corrected chi connectivity index (χ4v) is 3.16. The number of nitrogens with zero attached hydrogens (tertiary/aromatic N) is 2. The number of hydrogen-bond donors (Lipinski definition) is 2. The number of halogens is 3. The van der Waals surface area contributed by atoms with E-state index in [1.165, 1.54) is 0 Å². The number of para-hydroxylation sites is 1. The van der Waals surface area contributed by atoms with Gasteiger partial charge in [-0.25, -0.2) is 13.2 Å². The molecule has 166 valence electrons. The lowest BCUT2D eigenvalue weighted by atomic mass is 10.1. The zero-order chi connectivity index (χ0) is 23.5. The summed E-state index contributed by atoms with van der Waals surface area (Å²) in [6.45, 7) is -0.613. The highest BCUT2D eigenvalue weighted by Crippen LogP contribution is 2.19. The molecule has 2 amide bonds. The Bertz CT molecular complexity index is 1440. The molecular formula is C23H15F3N4O3. The summed E-state index contributed by atoms with van der Waals surface area (Å²) in [4.78, 5) is 37.8. The third kappa shape index (κ3) is 4.31. The lowest BCUT2D eigenvalue weighted by Crippen LogP contribution is -2.35. The summed E-state index contributed by atoms with van der Waals surface area (Å²) >= 11 is 0. The fraction of sp³-hybridized carbons (Fsp3) is 0.0435. The first-order chi connectivity index (χ1) is 15.9. The Labute approximate surface area is 184 Å². The van der Waals surface area contributed by atoms with Crippen LogP contribution in [0, 0.1) is 17.5 Å². The van der Waals surface area contributed by atoms with E-state index in [0.29, 0.717) is 11.8 Å². The summed E-state index contributed by atoms with van der Waals surface area (Å²) in [6, 6.07) is 16.4. The molecule has 0 spiro atoms. The zero-order valence-electron chi connectivity index (χ0n) is 16.8. The average molecular weight is 452 g/mol. The van der Waals surface area contributed by atoms with Gasteiger partial charge in [-0.1, -0.05) is 36.4 Å². The van der Waals surface area contributed by atoms with Crippen molar-refractivity contribution in [1.29, 1.82) is 0 Å². The van der Waals surface area contributed by atoms with Crippen LogP contribution in [0.15, 0.2) is 71.5 Å². The topological polar surface area (TPSA) is 93.1 Å². The predicted octanol–water partition coefficient (Wildman–Crippen LogP) is 3.17. The second-order valence-electron chi connectivity index (χ2n) is 6.90. The van der Waals surface area contributed by atoms with Crippen LogP contribution in [-0.2, 0) is 4.79 Å². The predicted molar refractivity (Wildman–Crippen MR) is 115 cm³/mol. The molecule has 1 heterocycles. The molecule has 0 radical (unpaired) electrons. The molecule has 4 rings (SSSR count). The summed E-state index contributed by atoms with van der Waals surface area (Å²) in [7, 11) is 0. The van der Waals surface area contributed by atoms with Crippen molar-refractivity contribution in [3.8, 4) is 5.69 Å². The number of benzene rings is 3. The van der Waals surface area contributed by atoms with E-state index < -0.39 is 47.1 Å². The Morgan fingerprint density at radius 1 is 0.848 bits per heavy atom. The summed E-state index contributed by atoms with van der Waals surface area (Å²) in [5.41, 5.74) is -0.677. The van der Waals surface area contributed by atoms with E-state index in [9.17, 15) is 27.6 Å². The average Bonchev–Trinajstić information content (AvgIpc) is 2.84. The molecule has 2 N–H and O–H groups in total. The summed E-state index contributed by atoms with van der Waals surface area (Å²) in [5.74, 6) is -6.33. The maximum Gasteiger partial charge on any atom is 0.279 e. The minimum absolute atomic E-state index is 0.110. The molecule has 0 saturated heterocycles. The van der Waals surface area contributed by atoms with E-state index in [1.807, 2.05) is 0 Å². The molecule has 0 saturated carbocycles. The first-order valence-corrected chi connectivity index (χ1v) is 9.66. The highest BCUT2D eigenvalue weighted by atomic mass is 19.2. The van der Waals surface area contributed by atoms with Crippen molar-refractivity contribution < 1.29 is 22.8 Å². The smallest absolute Gasteiger partial charge is 0.279 e. The van der Waals surface area contributed by atoms with Crippen molar-refractivity contribution in [2.45, 2.75) is 0 Å². The van der Waals surface area contributed by atoms with Crippen LogP contribution in [0.25, 0.3) is 16.5 Å². The molecule has 0 bridgehead atoms. The number of anilines is 1. The van der Waals surface area contributed by atoms with Crippen LogP contribution in [0.1, 0.15) is 10.5 Å². The van der Waals surface area contributed by atoms with Gasteiger partial charge in [0.2, 0.25) is 5.91 Å². The second kappa shape index (κ2) is 8.95. The largest absolute Gasteiger partial charge is 0.342 e. The van der Waals surface area contributed by atoms with E-state index in [4.69, 9.17) is 0 Å². The maximum absolute atomic E-state index is 13.7. The van der Waals surface area contributed by atoms with Crippen molar-refractivity contribution in [2.24, 2.45) is 0 Å². The molecule has 0 atom stereocenters. The summed E-state index contributed by atoms with van der Waals surface area (Å²) < 4.78 is 41.2.